The van der Waals surface area contributed by atoms with Crippen molar-refractivity contribution in [2.45, 2.75) is 12.6 Å². The molecule has 16 heavy (non-hydrogen) atoms. The van der Waals surface area contributed by atoms with Crippen LogP contribution in [-0.4, -0.2) is 18.1 Å². The lowest BCUT2D eigenvalue weighted by Gasteiger charge is -2.11. The zero-order chi connectivity index (χ0) is 12.3. The number of alkyl halides is 3. The maximum atomic E-state index is 12.5. The molecule has 3 nitrogen and oxygen atoms in total. The van der Waals surface area contributed by atoms with E-state index < -0.39 is 24.3 Å². The predicted molar refractivity (Wildman–Crippen MR) is 50.0 cm³/mol. The van der Waals surface area contributed by atoms with Gasteiger partial charge < -0.3 is 4.74 Å². The van der Waals surface area contributed by atoms with E-state index in [0.717, 1.165) is 13.3 Å². The molecule has 0 saturated heterocycles. The first-order valence-corrected chi connectivity index (χ1v) is 4.51. The Hall–Kier alpha value is -1.30. The second-order valence-electron chi connectivity index (χ2n) is 2.87. The minimum Gasteiger partial charge on any atom is -0.469 e. The van der Waals surface area contributed by atoms with E-state index in [2.05, 4.69) is 9.72 Å². The van der Waals surface area contributed by atoms with E-state index in [0.29, 0.717) is 0 Å². The number of carbonyl (C=O) groups is 1. The number of halogens is 4. The number of esters is 1. The van der Waals surface area contributed by atoms with Crippen molar-refractivity contribution in [3.8, 4) is 0 Å². The zero-order valence-corrected chi connectivity index (χ0v) is 8.89. The van der Waals surface area contributed by atoms with Gasteiger partial charge >= 0.3 is 12.1 Å². The molecule has 0 fully saturated rings. The Bertz CT molecular complexity index is 406. The molecular weight excluding hydrogens is 247 g/mol. The molecule has 1 heterocycles. The van der Waals surface area contributed by atoms with Crippen molar-refractivity contribution >= 4 is 17.6 Å². The quantitative estimate of drug-likeness (QED) is 0.760. The molecule has 0 bridgehead atoms. The van der Waals surface area contributed by atoms with E-state index in [9.17, 15) is 18.0 Å². The monoisotopic (exact) mass is 253 g/mol. The van der Waals surface area contributed by atoms with Gasteiger partial charge in [-0.1, -0.05) is 11.6 Å². The van der Waals surface area contributed by atoms with Gasteiger partial charge in [0, 0.05) is 16.8 Å². The van der Waals surface area contributed by atoms with Crippen molar-refractivity contribution in [3.63, 3.8) is 0 Å². The molecule has 0 aliphatic rings. The molecule has 0 spiro atoms. The molecule has 0 saturated carbocycles. The average Bonchev–Trinajstić information content (AvgIpc) is 2.19. The summed E-state index contributed by atoms with van der Waals surface area (Å²) in [6.45, 7) is 0. The van der Waals surface area contributed by atoms with E-state index in [4.69, 9.17) is 11.6 Å². The van der Waals surface area contributed by atoms with Crippen LogP contribution in [-0.2, 0) is 22.1 Å². The lowest BCUT2D eigenvalue weighted by Crippen LogP contribution is -2.15. The molecule has 1 aromatic heterocycles. The molecule has 0 amide bonds. The van der Waals surface area contributed by atoms with Crippen LogP contribution in [0.3, 0.4) is 0 Å². The number of carbonyl (C=O) groups excluding carboxylic acids is 1. The summed E-state index contributed by atoms with van der Waals surface area (Å²) in [5, 5.41) is -0.160. The van der Waals surface area contributed by atoms with E-state index in [1.807, 2.05) is 0 Å². The van der Waals surface area contributed by atoms with Gasteiger partial charge in [0.15, 0.2) is 0 Å². The van der Waals surface area contributed by atoms with Crippen LogP contribution in [0, 0.1) is 0 Å². The number of rotatable bonds is 2. The van der Waals surface area contributed by atoms with Crippen molar-refractivity contribution in [1.82, 2.24) is 4.98 Å². The molecule has 0 aliphatic carbocycles. The molecular formula is C9H7ClF3NO2. The van der Waals surface area contributed by atoms with Crippen LogP contribution in [0.4, 0.5) is 13.2 Å². The summed E-state index contributed by atoms with van der Waals surface area (Å²) in [5.41, 5.74) is -1.53. The van der Waals surface area contributed by atoms with Crippen molar-refractivity contribution in [2.24, 2.45) is 0 Å². The summed E-state index contributed by atoms with van der Waals surface area (Å²) >= 11 is 5.59. The highest BCUT2D eigenvalue weighted by Crippen LogP contribution is 2.33. The third-order valence-electron chi connectivity index (χ3n) is 1.82. The van der Waals surface area contributed by atoms with Crippen molar-refractivity contribution in [2.75, 3.05) is 7.11 Å². The number of ether oxygens (including phenoxy) is 1. The zero-order valence-electron chi connectivity index (χ0n) is 8.14. The Labute approximate surface area is 94.2 Å². The minimum absolute atomic E-state index is 0.160. The third-order valence-corrected chi connectivity index (χ3v) is 2.17. The van der Waals surface area contributed by atoms with Crippen LogP contribution in [0.1, 0.15) is 11.3 Å². The molecule has 88 valence electrons. The molecule has 1 rings (SSSR count). The van der Waals surface area contributed by atoms with E-state index in [-0.39, 0.29) is 10.6 Å². The van der Waals surface area contributed by atoms with Crippen LogP contribution < -0.4 is 0 Å². The van der Waals surface area contributed by atoms with E-state index >= 15 is 0 Å². The van der Waals surface area contributed by atoms with E-state index in [1.54, 1.807) is 0 Å². The Balaban J connectivity index is 3.19. The van der Waals surface area contributed by atoms with Crippen molar-refractivity contribution < 1.29 is 22.7 Å². The second kappa shape index (κ2) is 4.69. The lowest BCUT2D eigenvalue weighted by atomic mass is 10.1. The van der Waals surface area contributed by atoms with Gasteiger partial charge in [0.05, 0.1) is 13.5 Å². The number of hydrogen-bond donors (Lipinski definition) is 0. The first kappa shape index (κ1) is 12.8. The van der Waals surface area contributed by atoms with Gasteiger partial charge in [-0.15, -0.1) is 0 Å². The fourth-order valence-corrected chi connectivity index (χ4v) is 1.31. The number of methoxy groups -OCH3 is 1. The summed E-state index contributed by atoms with van der Waals surface area (Å²) < 4.78 is 41.8. The predicted octanol–water partition coefficient (Wildman–Crippen LogP) is 2.47. The van der Waals surface area contributed by atoms with Crippen LogP contribution in [0.25, 0.3) is 0 Å². The standard InChI is InChI=1S/C9H7ClF3NO2/c1-16-7(15)4-5-6(10)2-3-14-8(5)9(11,12)13/h2-3H,4H2,1H3. The van der Waals surface area contributed by atoms with Crippen LogP contribution in [0.5, 0.6) is 0 Å². The van der Waals surface area contributed by atoms with Gasteiger partial charge in [0.2, 0.25) is 0 Å². The van der Waals surface area contributed by atoms with Gasteiger partial charge in [-0.3, -0.25) is 9.78 Å². The van der Waals surface area contributed by atoms with Gasteiger partial charge in [-0.05, 0) is 6.07 Å². The highest BCUT2D eigenvalue weighted by molar-refractivity contribution is 6.31. The Morgan fingerprint density at radius 1 is 1.56 bits per heavy atom. The summed E-state index contributed by atoms with van der Waals surface area (Å²) in [6.07, 6.45) is -4.27. The normalized spacial score (nSPS) is 11.3. The van der Waals surface area contributed by atoms with Crippen LogP contribution in [0.15, 0.2) is 12.3 Å². The molecule has 1 aromatic rings. The van der Waals surface area contributed by atoms with Crippen molar-refractivity contribution in [1.29, 1.82) is 0 Å². The number of nitrogens with zero attached hydrogens (tertiary/aromatic N) is 1. The lowest BCUT2D eigenvalue weighted by molar-refractivity contribution is -0.143. The maximum absolute atomic E-state index is 12.5. The largest absolute Gasteiger partial charge is 0.469 e. The van der Waals surface area contributed by atoms with Gasteiger partial charge in [-0.25, -0.2) is 0 Å². The van der Waals surface area contributed by atoms with Gasteiger partial charge in [-0.2, -0.15) is 13.2 Å². The smallest absolute Gasteiger partial charge is 0.433 e. The molecule has 7 heteroatoms. The SMILES string of the molecule is COC(=O)Cc1c(Cl)ccnc1C(F)(F)F. The highest BCUT2D eigenvalue weighted by Gasteiger charge is 2.36. The fourth-order valence-electron chi connectivity index (χ4n) is 1.10. The number of aromatic nitrogens is 1. The maximum Gasteiger partial charge on any atom is 0.433 e. The van der Waals surface area contributed by atoms with Gasteiger partial charge in [0.1, 0.15) is 5.69 Å². The highest BCUT2D eigenvalue weighted by atomic mass is 35.5. The van der Waals surface area contributed by atoms with Crippen molar-refractivity contribution in [3.05, 3.63) is 28.5 Å². The molecule has 0 atom stereocenters. The summed E-state index contributed by atoms with van der Waals surface area (Å²) in [5.74, 6) is -0.805. The minimum atomic E-state index is -4.64. The fraction of sp³-hybridized carbons (Fsp3) is 0.333. The summed E-state index contributed by atoms with van der Waals surface area (Å²) in [7, 11) is 1.08. The summed E-state index contributed by atoms with van der Waals surface area (Å²) in [4.78, 5) is 14.1. The third kappa shape index (κ3) is 2.85. The Morgan fingerprint density at radius 3 is 2.69 bits per heavy atom. The van der Waals surface area contributed by atoms with Gasteiger partial charge in [0.25, 0.3) is 0 Å². The van der Waals surface area contributed by atoms with Crippen LogP contribution >= 0.6 is 11.6 Å². The molecule has 0 aliphatic heterocycles. The summed E-state index contributed by atoms with van der Waals surface area (Å²) in [6, 6.07) is 1.19. The number of pyridine rings is 1. The molecule has 0 unspecified atom stereocenters. The average molecular weight is 254 g/mol. The molecule has 0 radical (unpaired) electrons. The first-order chi connectivity index (χ1) is 7.36. The topological polar surface area (TPSA) is 39.2 Å². The first-order valence-electron chi connectivity index (χ1n) is 4.13. The molecule has 0 aromatic carbocycles. The van der Waals surface area contributed by atoms with E-state index in [1.165, 1.54) is 6.07 Å². The second-order valence-corrected chi connectivity index (χ2v) is 3.28. The Morgan fingerprint density at radius 2 is 2.19 bits per heavy atom. The number of hydrogen-bond acceptors (Lipinski definition) is 3. The molecule has 0 N–H and O–H groups in total. The Kier molecular flexibility index (Phi) is 3.74. The van der Waals surface area contributed by atoms with Crippen LogP contribution in [0.2, 0.25) is 5.02 Å².